The van der Waals surface area contributed by atoms with E-state index < -0.39 is 30.4 Å². The summed E-state index contributed by atoms with van der Waals surface area (Å²) >= 11 is 0. The number of morpholine rings is 1. The molecule has 3 unspecified atom stereocenters. The topological polar surface area (TPSA) is 122 Å². The number of nitrogens with one attached hydrogen (secondary N) is 1. The number of carbonyl (C=O) groups is 3. The Hall–Kier alpha value is -1.83. The minimum Gasteiger partial charge on any atom is -0.480 e. The fourth-order valence-electron chi connectivity index (χ4n) is 2.06. The summed E-state index contributed by atoms with van der Waals surface area (Å²) in [4.78, 5) is 35.5. The van der Waals surface area contributed by atoms with Gasteiger partial charge in [-0.05, 0) is 13.3 Å². The fourth-order valence-corrected chi connectivity index (χ4v) is 2.06. The number of rotatable bonds is 5. The van der Waals surface area contributed by atoms with Gasteiger partial charge >= 0.3 is 12.0 Å². The number of hydrogen-bond donors (Lipinski definition) is 3. The summed E-state index contributed by atoms with van der Waals surface area (Å²) in [5, 5.41) is 11.3. The van der Waals surface area contributed by atoms with Gasteiger partial charge < -0.3 is 25.8 Å². The van der Waals surface area contributed by atoms with Crippen molar-refractivity contribution < 1.29 is 24.2 Å². The van der Waals surface area contributed by atoms with Crippen LogP contribution in [-0.4, -0.2) is 59.3 Å². The Labute approximate surface area is 117 Å². The summed E-state index contributed by atoms with van der Waals surface area (Å²) in [5.41, 5.74) is 4.97. The molecule has 0 aliphatic carbocycles. The standard InChI is InChI=1S/C12H21N3O5/c1-3-8-6-20-7(2)5-15(8)12(19)14-9(11(17)18)4-10(13)16/h7-9H,3-6H2,1-2H3,(H2,13,16)(H,14,19)(H,17,18). The Morgan fingerprint density at radius 3 is 2.65 bits per heavy atom. The zero-order valence-electron chi connectivity index (χ0n) is 11.7. The van der Waals surface area contributed by atoms with Crippen LogP contribution < -0.4 is 11.1 Å². The SMILES string of the molecule is CCC1COC(C)CN1C(=O)NC(CC(N)=O)C(=O)O. The highest BCUT2D eigenvalue weighted by Crippen LogP contribution is 2.14. The molecular formula is C12H21N3O5. The predicted molar refractivity (Wildman–Crippen MR) is 70.0 cm³/mol. The Balaban J connectivity index is 2.70. The lowest BCUT2D eigenvalue weighted by Gasteiger charge is -2.38. The minimum atomic E-state index is -1.31. The van der Waals surface area contributed by atoms with Gasteiger partial charge in [-0.2, -0.15) is 0 Å². The average molecular weight is 287 g/mol. The van der Waals surface area contributed by atoms with Crippen LogP contribution in [0.5, 0.6) is 0 Å². The maximum Gasteiger partial charge on any atom is 0.326 e. The summed E-state index contributed by atoms with van der Waals surface area (Å²) in [6.07, 6.45) is 0.161. The summed E-state index contributed by atoms with van der Waals surface area (Å²) < 4.78 is 5.47. The molecule has 1 saturated heterocycles. The normalized spacial score (nSPS) is 24.0. The molecule has 0 aromatic carbocycles. The maximum atomic E-state index is 12.2. The summed E-state index contributed by atoms with van der Waals surface area (Å²) in [7, 11) is 0. The molecule has 20 heavy (non-hydrogen) atoms. The van der Waals surface area contributed by atoms with E-state index in [0.29, 0.717) is 19.6 Å². The van der Waals surface area contributed by atoms with Gasteiger partial charge in [-0.1, -0.05) is 6.92 Å². The number of primary amides is 1. The third kappa shape index (κ3) is 4.37. The molecule has 4 N–H and O–H groups in total. The molecule has 114 valence electrons. The molecule has 0 saturated carbocycles. The number of amides is 3. The van der Waals surface area contributed by atoms with Crippen molar-refractivity contribution in [3.8, 4) is 0 Å². The van der Waals surface area contributed by atoms with E-state index >= 15 is 0 Å². The van der Waals surface area contributed by atoms with Gasteiger partial charge in [-0.25, -0.2) is 9.59 Å². The van der Waals surface area contributed by atoms with E-state index in [2.05, 4.69) is 5.32 Å². The zero-order valence-corrected chi connectivity index (χ0v) is 11.7. The molecule has 0 radical (unpaired) electrons. The summed E-state index contributed by atoms with van der Waals surface area (Å²) in [5.74, 6) is -2.06. The van der Waals surface area contributed by atoms with Crippen molar-refractivity contribution in [2.24, 2.45) is 5.73 Å². The molecule has 8 nitrogen and oxygen atoms in total. The van der Waals surface area contributed by atoms with E-state index in [9.17, 15) is 14.4 Å². The van der Waals surface area contributed by atoms with Crippen molar-refractivity contribution in [1.82, 2.24) is 10.2 Å². The highest BCUT2D eigenvalue weighted by atomic mass is 16.5. The van der Waals surface area contributed by atoms with E-state index in [4.69, 9.17) is 15.6 Å². The smallest absolute Gasteiger partial charge is 0.326 e. The Morgan fingerprint density at radius 1 is 1.50 bits per heavy atom. The monoisotopic (exact) mass is 287 g/mol. The molecule has 3 amide bonds. The van der Waals surface area contributed by atoms with Crippen molar-refractivity contribution in [3.05, 3.63) is 0 Å². The Bertz CT molecular complexity index is 387. The van der Waals surface area contributed by atoms with Gasteiger partial charge in [0, 0.05) is 6.54 Å². The van der Waals surface area contributed by atoms with Gasteiger partial charge in [0.15, 0.2) is 0 Å². The van der Waals surface area contributed by atoms with E-state index in [0.717, 1.165) is 0 Å². The second kappa shape index (κ2) is 7.09. The molecular weight excluding hydrogens is 266 g/mol. The lowest BCUT2D eigenvalue weighted by atomic mass is 10.1. The molecule has 0 bridgehead atoms. The number of nitrogens with zero attached hydrogens (tertiary/aromatic N) is 1. The van der Waals surface area contributed by atoms with Crippen LogP contribution in [0.15, 0.2) is 0 Å². The number of hydrogen-bond acceptors (Lipinski definition) is 4. The largest absolute Gasteiger partial charge is 0.480 e. The van der Waals surface area contributed by atoms with Crippen LogP contribution in [0.4, 0.5) is 4.79 Å². The molecule has 3 atom stereocenters. The zero-order chi connectivity index (χ0) is 15.3. The van der Waals surface area contributed by atoms with Crippen LogP contribution in [0.2, 0.25) is 0 Å². The van der Waals surface area contributed by atoms with Crippen LogP contribution in [0.1, 0.15) is 26.7 Å². The summed E-state index contributed by atoms with van der Waals surface area (Å²) in [6.45, 7) is 4.55. The molecule has 1 fully saturated rings. The lowest BCUT2D eigenvalue weighted by Crippen LogP contribution is -2.57. The van der Waals surface area contributed by atoms with Gasteiger partial charge in [-0.15, -0.1) is 0 Å². The lowest BCUT2D eigenvalue weighted by molar-refractivity contribution is -0.141. The molecule has 0 aromatic heterocycles. The second-order valence-electron chi connectivity index (χ2n) is 4.87. The first-order valence-electron chi connectivity index (χ1n) is 6.55. The van der Waals surface area contributed by atoms with E-state index in [1.54, 1.807) is 4.90 Å². The molecule has 1 aliphatic heterocycles. The van der Waals surface area contributed by atoms with Crippen molar-refractivity contribution in [2.45, 2.75) is 44.9 Å². The molecule has 8 heteroatoms. The van der Waals surface area contributed by atoms with Crippen molar-refractivity contribution >= 4 is 17.9 Å². The minimum absolute atomic E-state index is 0.103. The quantitative estimate of drug-likeness (QED) is 0.630. The highest BCUT2D eigenvalue weighted by molar-refractivity contribution is 5.87. The average Bonchev–Trinajstić information content (AvgIpc) is 2.37. The molecule has 1 aliphatic rings. The van der Waals surface area contributed by atoms with Gasteiger partial charge in [0.25, 0.3) is 0 Å². The van der Waals surface area contributed by atoms with Gasteiger partial charge in [0.1, 0.15) is 6.04 Å². The first kappa shape index (κ1) is 16.2. The van der Waals surface area contributed by atoms with E-state index in [1.807, 2.05) is 13.8 Å². The van der Waals surface area contributed by atoms with Crippen LogP contribution in [-0.2, 0) is 14.3 Å². The maximum absolute atomic E-state index is 12.2. The number of ether oxygens (including phenoxy) is 1. The van der Waals surface area contributed by atoms with Gasteiger partial charge in [-0.3, -0.25) is 4.79 Å². The van der Waals surface area contributed by atoms with Crippen LogP contribution in [0.25, 0.3) is 0 Å². The fraction of sp³-hybridized carbons (Fsp3) is 0.750. The number of carboxylic acid groups (broad SMARTS) is 1. The molecule has 1 heterocycles. The number of urea groups is 1. The first-order valence-corrected chi connectivity index (χ1v) is 6.55. The van der Waals surface area contributed by atoms with Crippen LogP contribution >= 0.6 is 0 Å². The van der Waals surface area contributed by atoms with Crippen LogP contribution in [0.3, 0.4) is 0 Å². The van der Waals surface area contributed by atoms with E-state index in [-0.39, 0.29) is 12.1 Å². The van der Waals surface area contributed by atoms with E-state index in [1.165, 1.54) is 0 Å². The predicted octanol–water partition coefficient (Wildman–Crippen LogP) is -0.476. The van der Waals surface area contributed by atoms with Crippen molar-refractivity contribution in [1.29, 1.82) is 0 Å². The first-order chi connectivity index (χ1) is 9.35. The Morgan fingerprint density at radius 2 is 2.15 bits per heavy atom. The number of nitrogens with two attached hydrogens (primary N) is 1. The number of carbonyl (C=O) groups excluding carboxylic acids is 2. The molecule has 0 spiro atoms. The van der Waals surface area contributed by atoms with Gasteiger partial charge in [0.05, 0.1) is 25.2 Å². The summed E-state index contributed by atoms with van der Waals surface area (Å²) in [6, 6.07) is -1.93. The van der Waals surface area contributed by atoms with Crippen LogP contribution in [0, 0.1) is 0 Å². The van der Waals surface area contributed by atoms with Crippen molar-refractivity contribution in [2.75, 3.05) is 13.2 Å². The second-order valence-corrected chi connectivity index (χ2v) is 4.87. The molecule has 1 rings (SSSR count). The molecule has 0 aromatic rings. The van der Waals surface area contributed by atoms with Gasteiger partial charge in [0.2, 0.25) is 5.91 Å². The van der Waals surface area contributed by atoms with Crippen molar-refractivity contribution in [3.63, 3.8) is 0 Å². The number of aliphatic carboxylic acids is 1. The number of carboxylic acids is 1. The Kier molecular flexibility index (Phi) is 5.75. The third-order valence-electron chi connectivity index (χ3n) is 3.20. The highest BCUT2D eigenvalue weighted by Gasteiger charge is 2.32. The third-order valence-corrected chi connectivity index (χ3v) is 3.20.